The van der Waals surface area contributed by atoms with E-state index in [4.69, 9.17) is 14.7 Å². The summed E-state index contributed by atoms with van der Waals surface area (Å²) in [6, 6.07) is 0.0310. The van der Waals surface area contributed by atoms with Crippen molar-refractivity contribution in [2.45, 2.75) is 51.6 Å². The molecule has 2 aromatic rings. The summed E-state index contributed by atoms with van der Waals surface area (Å²) in [5.74, 6) is 1.78. The highest BCUT2D eigenvalue weighted by atomic mass is 32.1. The van der Waals surface area contributed by atoms with E-state index in [2.05, 4.69) is 17.1 Å². The van der Waals surface area contributed by atoms with Crippen LogP contribution in [0.15, 0.2) is 0 Å². The van der Waals surface area contributed by atoms with Crippen molar-refractivity contribution in [3.8, 4) is 0 Å². The Kier molecular flexibility index (Phi) is 5.69. The van der Waals surface area contributed by atoms with Crippen LogP contribution in [-0.4, -0.2) is 58.9 Å². The number of nitrogens with one attached hydrogen (secondary N) is 1. The van der Waals surface area contributed by atoms with Crippen molar-refractivity contribution in [2.75, 3.05) is 38.2 Å². The number of rotatable bonds is 6. The first-order valence-electron chi connectivity index (χ1n) is 9.77. The normalized spacial score (nSPS) is 19.5. The van der Waals surface area contributed by atoms with Gasteiger partial charge in [-0.25, -0.2) is 9.97 Å². The van der Waals surface area contributed by atoms with E-state index in [0.29, 0.717) is 0 Å². The second-order valence-electron chi connectivity index (χ2n) is 7.20. The van der Waals surface area contributed by atoms with Gasteiger partial charge in [-0.2, -0.15) is 0 Å². The van der Waals surface area contributed by atoms with E-state index in [0.717, 1.165) is 68.6 Å². The van der Waals surface area contributed by atoms with Crippen molar-refractivity contribution in [3.63, 3.8) is 0 Å². The van der Waals surface area contributed by atoms with E-state index in [1.54, 1.807) is 0 Å². The predicted octanol–water partition coefficient (Wildman–Crippen LogP) is 2.59. The van der Waals surface area contributed by atoms with Gasteiger partial charge >= 0.3 is 0 Å². The molecule has 26 heavy (non-hydrogen) atoms. The Morgan fingerprint density at radius 1 is 1.23 bits per heavy atom. The van der Waals surface area contributed by atoms with Crippen molar-refractivity contribution in [2.24, 2.45) is 0 Å². The number of aromatic nitrogens is 2. The monoisotopic (exact) mass is 376 g/mol. The van der Waals surface area contributed by atoms with Crippen LogP contribution in [0, 0.1) is 0 Å². The second-order valence-corrected chi connectivity index (χ2v) is 8.28. The molecule has 1 fully saturated rings. The van der Waals surface area contributed by atoms with Crippen LogP contribution in [0.4, 0.5) is 5.82 Å². The molecule has 0 unspecified atom stereocenters. The highest BCUT2D eigenvalue weighted by Gasteiger charge is 2.23. The summed E-state index contributed by atoms with van der Waals surface area (Å²) in [5.41, 5.74) is 1.43. The molecule has 1 saturated heterocycles. The smallest absolute Gasteiger partial charge is 0.146 e. The Hall–Kier alpha value is -1.28. The molecule has 0 spiro atoms. The van der Waals surface area contributed by atoms with Crippen LogP contribution < -0.4 is 5.32 Å². The number of aryl methyl sites for hydroxylation is 2. The van der Waals surface area contributed by atoms with Crippen molar-refractivity contribution in [3.05, 3.63) is 16.3 Å². The summed E-state index contributed by atoms with van der Waals surface area (Å²) in [6.07, 6.45) is 5.65. The second kappa shape index (κ2) is 8.17. The van der Waals surface area contributed by atoms with Gasteiger partial charge in [0.25, 0.3) is 0 Å². The Bertz CT molecular complexity index is 754. The summed E-state index contributed by atoms with van der Waals surface area (Å²) in [5, 5.41) is 14.3. The third-order valence-electron chi connectivity index (χ3n) is 5.38. The molecule has 0 amide bonds. The van der Waals surface area contributed by atoms with Gasteiger partial charge in [0.05, 0.1) is 37.8 Å². The molecule has 142 valence electrons. The van der Waals surface area contributed by atoms with E-state index in [1.807, 2.05) is 11.3 Å². The average molecular weight is 377 g/mol. The number of fused-ring (bicyclic) bond motifs is 3. The SMILES string of the molecule is CC[C@H](CO)Nc1nc(CN2CCOCC2)nc2sc3c(c12)CCCC3. The molecule has 0 bridgehead atoms. The molecule has 0 aromatic carbocycles. The van der Waals surface area contributed by atoms with Gasteiger partial charge < -0.3 is 15.2 Å². The highest BCUT2D eigenvalue weighted by molar-refractivity contribution is 7.19. The molecule has 2 aromatic heterocycles. The molecule has 1 atom stereocenters. The average Bonchev–Trinajstić information content (AvgIpc) is 3.05. The van der Waals surface area contributed by atoms with Crippen LogP contribution in [0.5, 0.6) is 0 Å². The van der Waals surface area contributed by atoms with Crippen molar-refractivity contribution < 1.29 is 9.84 Å². The topological polar surface area (TPSA) is 70.5 Å². The lowest BCUT2D eigenvalue weighted by atomic mass is 9.97. The van der Waals surface area contributed by atoms with Gasteiger partial charge in [-0.1, -0.05) is 6.92 Å². The summed E-state index contributed by atoms with van der Waals surface area (Å²) < 4.78 is 5.45. The van der Waals surface area contributed by atoms with Gasteiger partial charge in [0, 0.05) is 18.0 Å². The lowest BCUT2D eigenvalue weighted by Crippen LogP contribution is -2.36. The highest BCUT2D eigenvalue weighted by Crippen LogP contribution is 2.39. The Morgan fingerprint density at radius 3 is 2.81 bits per heavy atom. The van der Waals surface area contributed by atoms with E-state index < -0.39 is 0 Å². The maximum atomic E-state index is 9.65. The lowest BCUT2D eigenvalue weighted by Gasteiger charge is -2.26. The zero-order valence-electron chi connectivity index (χ0n) is 15.5. The molecule has 2 aliphatic rings. The first-order valence-corrected chi connectivity index (χ1v) is 10.6. The summed E-state index contributed by atoms with van der Waals surface area (Å²) in [6.45, 7) is 6.38. The lowest BCUT2D eigenvalue weighted by molar-refractivity contribution is 0.0331. The zero-order valence-corrected chi connectivity index (χ0v) is 16.3. The number of nitrogens with zero attached hydrogens (tertiary/aromatic N) is 3. The summed E-state index contributed by atoms with van der Waals surface area (Å²) in [4.78, 5) is 14.7. The summed E-state index contributed by atoms with van der Waals surface area (Å²) in [7, 11) is 0. The fourth-order valence-corrected chi connectivity index (χ4v) is 5.09. The van der Waals surface area contributed by atoms with Crippen LogP contribution in [0.3, 0.4) is 0 Å². The minimum Gasteiger partial charge on any atom is -0.394 e. The van der Waals surface area contributed by atoms with E-state index in [9.17, 15) is 5.11 Å². The maximum absolute atomic E-state index is 9.65. The molecule has 0 saturated carbocycles. The van der Waals surface area contributed by atoms with Gasteiger partial charge in [-0.3, -0.25) is 4.90 Å². The Morgan fingerprint density at radius 2 is 2.04 bits per heavy atom. The first-order chi connectivity index (χ1) is 12.8. The van der Waals surface area contributed by atoms with Crippen LogP contribution in [0.2, 0.25) is 0 Å². The number of hydrogen-bond acceptors (Lipinski definition) is 7. The zero-order chi connectivity index (χ0) is 17.9. The van der Waals surface area contributed by atoms with Crippen LogP contribution in [-0.2, 0) is 24.1 Å². The standard InChI is InChI=1S/C19H28N4O2S/c1-2-13(12-24)20-18-17-14-5-3-4-6-15(14)26-19(17)22-16(21-18)11-23-7-9-25-10-8-23/h13,24H,2-12H2,1H3,(H,20,21,22)/t13-/m1/s1. The fraction of sp³-hybridized carbons (Fsp3) is 0.684. The third kappa shape index (κ3) is 3.71. The Balaban J connectivity index is 1.71. The van der Waals surface area contributed by atoms with Gasteiger partial charge in [0.15, 0.2) is 0 Å². The molecule has 4 rings (SSSR count). The molecule has 2 N–H and O–H groups in total. The molecule has 3 heterocycles. The molecule has 1 aliphatic carbocycles. The predicted molar refractivity (Wildman–Crippen MR) is 105 cm³/mol. The first kappa shape index (κ1) is 18.1. The van der Waals surface area contributed by atoms with Gasteiger partial charge in [0.1, 0.15) is 16.5 Å². The van der Waals surface area contributed by atoms with Crippen molar-refractivity contribution in [1.29, 1.82) is 0 Å². The number of aliphatic hydroxyl groups is 1. The molecule has 7 heteroatoms. The number of ether oxygens (including phenoxy) is 1. The summed E-state index contributed by atoms with van der Waals surface area (Å²) >= 11 is 1.84. The van der Waals surface area contributed by atoms with Gasteiger partial charge in [-0.15, -0.1) is 11.3 Å². The number of anilines is 1. The minimum atomic E-state index is 0.0310. The van der Waals surface area contributed by atoms with Gasteiger partial charge in [0.2, 0.25) is 0 Å². The number of aliphatic hydroxyl groups excluding tert-OH is 1. The minimum absolute atomic E-state index is 0.0310. The van der Waals surface area contributed by atoms with E-state index >= 15 is 0 Å². The molecular formula is C19H28N4O2S. The quantitative estimate of drug-likeness (QED) is 0.808. The van der Waals surface area contributed by atoms with Crippen molar-refractivity contribution >= 4 is 27.4 Å². The van der Waals surface area contributed by atoms with Crippen LogP contribution >= 0.6 is 11.3 Å². The largest absolute Gasteiger partial charge is 0.394 e. The number of thiophene rings is 1. The molecular weight excluding hydrogens is 348 g/mol. The number of hydrogen-bond donors (Lipinski definition) is 2. The van der Waals surface area contributed by atoms with Crippen molar-refractivity contribution in [1.82, 2.24) is 14.9 Å². The number of morpholine rings is 1. The van der Waals surface area contributed by atoms with E-state index in [-0.39, 0.29) is 12.6 Å². The Labute approximate surface area is 158 Å². The third-order valence-corrected chi connectivity index (χ3v) is 6.57. The molecule has 6 nitrogen and oxygen atoms in total. The maximum Gasteiger partial charge on any atom is 0.146 e. The molecule has 1 aliphatic heterocycles. The van der Waals surface area contributed by atoms with Crippen LogP contribution in [0.1, 0.15) is 42.5 Å². The van der Waals surface area contributed by atoms with E-state index in [1.165, 1.54) is 28.7 Å². The molecule has 0 radical (unpaired) electrons. The van der Waals surface area contributed by atoms with Crippen LogP contribution in [0.25, 0.3) is 10.2 Å². The fourth-order valence-electron chi connectivity index (χ4n) is 3.81. The van der Waals surface area contributed by atoms with Gasteiger partial charge in [-0.05, 0) is 37.7 Å².